The van der Waals surface area contributed by atoms with Gasteiger partial charge >= 0.3 is 0 Å². The minimum absolute atomic E-state index is 0.260. The number of amides is 1. The van der Waals surface area contributed by atoms with Gasteiger partial charge in [0.05, 0.1) is 5.56 Å². The molecule has 0 aliphatic heterocycles. The average Bonchev–Trinajstić information content (AvgIpc) is 2.51. The first-order valence-electron chi connectivity index (χ1n) is 7.35. The highest BCUT2D eigenvalue weighted by Gasteiger charge is 2.11. The van der Waals surface area contributed by atoms with E-state index < -0.39 is 0 Å². The van der Waals surface area contributed by atoms with Crippen molar-refractivity contribution in [3.63, 3.8) is 0 Å². The van der Waals surface area contributed by atoms with Crippen molar-refractivity contribution in [3.8, 4) is 5.75 Å². The maximum Gasteiger partial charge on any atom is 0.275 e. The molecule has 0 heterocycles. The molecule has 0 aromatic heterocycles. The molecule has 0 saturated heterocycles. The van der Waals surface area contributed by atoms with E-state index in [-0.39, 0.29) is 5.91 Å². The monoisotopic (exact) mass is 288 g/mol. The van der Waals surface area contributed by atoms with Gasteiger partial charge in [-0.15, -0.1) is 0 Å². The SMILES string of the molecule is C=CCOc1ccccc1C(=O)N/N=C(\C)CCCCC. The number of hydrogen-bond acceptors (Lipinski definition) is 3. The molecule has 0 aliphatic carbocycles. The Balaban J connectivity index is 2.62. The van der Waals surface area contributed by atoms with Gasteiger partial charge < -0.3 is 4.74 Å². The third-order valence-corrected chi connectivity index (χ3v) is 2.98. The lowest BCUT2D eigenvalue weighted by atomic mass is 10.1. The van der Waals surface area contributed by atoms with Gasteiger partial charge in [-0.05, 0) is 31.9 Å². The van der Waals surface area contributed by atoms with Crippen molar-refractivity contribution in [2.75, 3.05) is 6.61 Å². The first-order valence-corrected chi connectivity index (χ1v) is 7.35. The van der Waals surface area contributed by atoms with Gasteiger partial charge in [0, 0.05) is 5.71 Å². The van der Waals surface area contributed by atoms with Gasteiger partial charge in [-0.25, -0.2) is 5.43 Å². The number of hydrogen-bond donors (Lipinski definition) is 1. The van der Waals surface area contributed by atoms with Crippen molar-refractivity contribution < 1.29 is 9.53 Å². The van der Waals surface area contributed by atoms with Crippen LogP contribution in [0.25, 0.3) is 0 Å². The highest BCUT2D eigenvalue weighted by Crippen LogP contribution is 2.17. The van der Waals surface area contributed by atoms with Crippen LogP contribution in [0.2, 0.25) is 0 Å². The zero-order chi connectivity index (χ0) is 15.5. The Bertz CT molecular complexity index is 495. The third kappa shape index (κ3) is 6.25. The molecule has 0 saturated carbocycles. The van der Waals surface area contributed by atoms with Crippen molar-refractivity contribution in [2.45, 2.75) is 39.5 Å². The number of nitrogens with zero attached hydrogens (tertiary/aromatic N) is 1. The lowest BCUT2D eigenvalue weighted by Gasteiger charge is -2.09. The molecule has 114 valence electrons. The Labute approximate surface area is 126 Å². The summed E-state index contributed by atoms with van der Waals surface area (Å²) in [7, 11) is 0. The molecular formula is C17H24N2O2. The zero-order valence-corrected chi connectivity index (χ0v) is 12.9. The summed E-state index contributed by atoms with van der Waals surface area (Å²) in [5.41, 5.74) is 3.99. The van der Waals surface area contributed by atoms with E-state index in [1.807, 2.05) is 13.0 Å². The molecule has 1 amide bonds. The first kappa shape index (κ1) is 17.0. The Morgan fingerprint density at radius 1 is 1.38 bits per heavy atom. The maximum atomic E-state index is 12.1. The molecule has 1 N–H and O–H groups in total. The Morgan fingerprint density at radius 2 is 2.14 bits per heavy atom. The molecule has 0 unspecified atom stereocenters. The molecular weight excluding hydrogens is 264 g/mol. The molecule has 0 atom stereocenters. The number of carbonyl (C=O) groups excluding carboxylic acids is 1. The molecule has 0 bridgehead atoms. The van der Waals surface area contributed by atoms with Gasteiger partial charge in [0.2, 0.25) is 0 Å². The van der Waals surface area contributed by atoms with Gasteiger partial charge in [0.1, 0.15) is 12.4 Å². The van der Waals surface area contributed by atoms with E-state index in [0.717, 1.165) is 18.6 Å². The summed E-state index contributed by atoms with van der Waals surface area (Å²) in [5.74, 6) is 0.276. The summed E-state index contributed by atoms with van der Waals surface area (Å²) in [6.07, 6.45) is 6.00. The van der Waals surface area contributed by atoms with Crippen molar-refractivity contribution in [1.29, 1.82) is 0 Å². The van der Waals surface area contributed by atoms with Gasteiger partial charge in [0.15, 0.2) is 0 Å². The van der Waals surface area contributed by atoms with Crippen molar-refractivity contribution in [2.24, 2.45) is 5.10 Å². The van der Waals surface area contributed by atoms with Crippen LogP contribution in [-0.2, 0) is 0 Å². The minimum Gasteiger partial charge on any atom is -0.489 e. The lowest BCUT2D eigenvalue weighted by Crippen LogP contribution is -2.20. The molecule has 1 aromatic carbocycles. The Morgan fingerprint density at radius 3 is 2.86 bits per heavy atom. The van der Waals surface area contributed by atoms with Crippen LogP contribution in [0, 0.1) is 0 Å². The van der Waals surface area contributed by atoms with E-state index in [1.165, 1.54) is 12.8 Å². The van der Waals surface area contributed by atoms with Crippen LogP contribution in [0.5, 0.6) is 5.75 Å². The van der Waals surface area contributed by atoms with E-state index in [0.29, 0.717) is 17.9 Å². The van der Waals surface area contributed by atoms with Crippen LogP contribution in [0.15, 0.2) is 42.0 Å². The normalized spacial score (nSPS) is 11.0. The van der Waals surface area contributed by atoms with Gasteiger partial charge in [0.25, 0.3) is 5.91 Å². The number of ether oxygens (including phenoxy) is 1. The highest BCUT2D eigenvalue weighted by atomic mass is 16.5. The zero-order valence-electron chi connectivity index (χ0n) is 12.9. The number of unbranched alkanes of at least 4 members (excludes halogenated alkanes) is 2. The number of carbonyl (C=O) groups is 1. The van der Waals surface area contributed by atoms with E-state index >= 15 is 0 Å². The van der Waals surface area contributed by atoms with Crippen LogP contribution in [0.3, 0.4) is 0 Å². The van der Waals surface area contributed by atoms with E-state index in [4.69, 9.17) is 4.74 Å². The van der Waals surface area contributed by atoms with Crippen LogP contribution in [0.4, 0.5) is 0 Å². The fourth-order valence-electron chi connectivity index (χ4n) is 1.82. The van der Waals surface area contributed by atoms with Gasteiger partial charge in [-0.1, -0.05) is 44.6 Å². The minimum atomic E-state index is -0.260. The largest absolute Gasteiger partial charge is 0.489 e. The molecule has 0 aliphatic rings. The van der Waals surface area contributed by atoms with Crippen molar-refractivity contribution in [1.82, 2.24) is 5.43 Å². The van der Waals surface area contributed by atoms with Crippen LogP contribution < -0.4 is 10.2 Å². The second-order valence-electron chi connectivity index (χ2n) is 4.84. The maximum absolute atomic E-state index is 12.1. The van der Waals surface area contributed by atoms with E-state index in [9.17, 15) is 4.79 Å². The second-order valence-corrected chi connectivity index (χ2v) is 4.84. The Hall–Kier alpha value is -2.10. The molecule has 0 fully saturated rings. The summed E-state index contributed by atoms with van der Waals surface area (Å²) in [4.78, 5) is 12.1. The molecule has 4 nitrogen and oxygen atoms in total. The topological polar surface area (TPSA) is 50.7 Å². The molecule has 0 radical (unpaired) electrons. The quantitative estimate of drug-likeness (QED) is 0.324. The summed E-state index contributed by atoms with van der Waals surface area (Å²) in [6, 6.07) is 7.11. The van der Waals surface area contributed by atoms with E-state index in [1.54, 1.807) is 24.3 Å². The van der Waals surface area contributed by atoms with Gasteiger partial charge in [-0.2, -0.15) is 5.10 Å². The summed E-state index contributed by atoms with van der Waals surface area (Å²) < 4.78 is 5.47. The smallest absolute Gasteiger partial charge is 0.275 e. The Kier molecular flexibility index (Phi) is 7.87. The van der Waals surface area contributed by atoms with Gasteiger partial charge in [-0.3, -0.25) is 4.79 Å². The number of hydrazone groups is 1. The first-order chi connectivity index (χ1) is 10.2. The summed E-state index contributed by atoms with van der Waals surface area (Å²) in [5, 5.41) is 4.14. The summed E-state index contributed by atoms with van der Waals surface area (Å²) in [6.45, 7) is 8.05. The predicted octanol–water partition coefficient (Wildman–Crippen LogP) is 3.94. The molecule has 1 rings (SSSR count). The third-order valence-electron chi connectivity index (χ3n) is 2.98. The number of benzene rings is 1. The van der Waals surface area contributed by atoms with Crippen LogP contribution in [-0.4, -0.2) is 18.2 Å². The summed E-state index contributed by atoms with van der Waals surface area (Å²) >= 11 is 0. The predicted molar refractivity (Wildman–Crippen MR) is 86.9 cm³/mol. The van der Waals surface area contributed by atoms with E-state index in [2.05, 4.69) is 24.0 Å². The van der Waals surface area contributed by atoms with Crippen LogP contribution >= 0.6 is 0 Å². The molecule has 4 heteroatoms. The number of para-hydroxylation sites is 1. The fraction of sp³-hybridized carbons (Fsp3) is 0.412. The van der Waals surface area contributed by atoms with Crippen LogP contribution in [0.1, 0.15) is 49.9 Å². The molecule has 1 aromatic rings. The average molecular weight is 288 g/mol. The highest BCUT2D eigenvalue weighted by molar-refractivity contribution is 5.97. The lowest BCUT2D eigenvalue weighted by molar-refractivity contribution is 0.0951. The van der Waals surface area contributed by atoms with Crippen molar-refractivity contribution in [3.05, 3.63) is 42.5 Å². The van der Waals surface area contributed by atoms with Crippen molar-refractivity contribution >= 4 is 11.6 Å². The second kappa shape index (κ2) is 9.75. The number of nitrogens with one attached hydrogen (secondary N) is 1. The standard InChI is InChI=1S/C17H24N2O2/c1-4-6-7-10-14(3)18-19-17(20)15-11-8-9-12-16(15)21-13-5-2/h5,8-9,11-12H,2,4,6-7,10,13H2,1,3H3,(H,19,20)/b18-14+. The number of rotatable bonds is 9. The fourth-order valence-corrected chi connectivity index (χ4v) is 1.82. The molecule has 0 spiro atoms. The molecule has 21 heavy (non-hydrogen) atoms.